The summed E-state index contributed by atoms with van der Waals surface area (Å²) in [5, 5.41) is 4.07. The van der Waals surface area contributed by atoms with E-state index >= 15 is 0 Å². The van der Waals surface area contributed by atoms with Crippen molar-refractivity contribution < 1.29 is 9.53 Å². The van der Waals surface area contributed by atoms with E-state index in [0.29, 0.717) is 42.3 Å². The van der Waals surface area contributed by atoms with Crippen molar-refractivity contribution in [3.63, 3.8) is 0 Å². The van der Waals surface area contributed by atoms with Crippen molar-refractivity contribution >= 4 is 5.91 Å². The minimum absolute atomic E-state index is 0.159. The number of nitrogens with zero attached hydrogens (tertiary/aromatic N) is 4. The van der Waals surface area contributed by atoms with Crippen LogP contribution in [0.2, 0.25) is 0 Å². The number of carbonyl (C=O) groups excluding carboxylic acids is 1. The van der Waals surface area contributed by atoms with E-state index in [0.717, 1.165) is 56.0 Å². The molecule has 0 bridgehead atoms. The van der Waals surface area contributed by atoms with Crippen molar-refractivity contribution in [1.82, 2.24) is 4.90 Å². The van der Waals surface area contributed by atoms with Gasteiger partial charge in [0.2, 0.25) is 5.91 Å². The number of morpholine rings is 1. The molecular weight excluding hydrogens is 424 g/mol. The highest BCUT2D eigenvalue weighted by molar-refractivity contribution is 5.76. The van der Waals surface area contributed by atoms with Crippen molar-refractivity contribution in [2.45, 2.75) is 91.0 Å². The number of azide groups is 1. The number of ether oxygens (including phenoxy) is 1. The molecule has 0 N–H and O–H groups in total. The van der Waals surface area contributed by atoms with Crippen molar-refractivity contribution in [2.24, 2.45) is 45.5 Å². The molecule has 1 amide bonds. The van der Waals surface area contributed by atoms with Gasteiger partial charge in [0, 0.05) is 30.5 Å². The third-order valence-corrected chi connectivity index (χ3v) is 11.2. The van der Waals surface area contributed by atoms with E-state index in [1.165, 1.54) is 38.5 Å². The molecule has 6 heteroatoms. The van der Waals surface area contributed by atoms with Gasteiger partial charge in [0.25, 0.3) is 0 Å². The number of amides is 1. The van der Waals surface area contributed by atoms with E-state index in [2.05, 4.69) is 36.9 Å². The van der Waals surface area contributed by atoms with Crippen LogP contribution in [-0.2, 0) is 9.53 Å². The van der Waals surface area contributed by atoms with Crippen LogP contribution in [0.4, 0.5) is 0 Å². The van der Waals surface area contributed by atoms with Gasteiger partial charge in [0.1, 0.15) is 0 Å². The van der Waals surface area contributed by atoms with Gasteiger partial charge in [0.15, 0.2) is 0 Å². The quantitative estimate of drug-likeness (QED) is 0.199. The van der Waals surface area contributed by atoms with E-state index in [4.69, 9.17) is 10.3 Å². The van der Waals surface area contributed by atoms with E-state index in [9.17, 15) is 4.79 Å². The van der Waals surface area contributed by atoms with E-state index in [-0.39, 0.29) is 6.04 Å². The highest BCUT2D eigenvalue weighted by Gasteiger charge is 2.59. The molecule has 34 heavy (non-hydrogen) atoms. The fourth-order valence-electron chi connectivity index (χ4n) is 9.31. The van der Waals surface area contributed by atoms with Gasteiger partial charge in [-0.05, 0) is 104 Å². The summed E-state index contributed by atoms with van der Waals surface area (Å²) >= 11 is 0. The monoisotopic (exact) mass is 468 g/mol. The molecule has 4 aliphatic carbocycles. The van der Waals surface area contributed by atoms with Crippen LogP contribution >= 0.6 is 0 Å². The van der Waals surface area contributed by atoms with Gasteiger partial charge < -0.3 is 9.64 Å². The van der Waals surface area contributed by atoms with Crippen LogP contribution in [0.15, 0.2) is 16.8 Å². The Balaban J connectivity index is 1.25. The Kier molecular flexibility index (Phi) is 6.76. The summed E-state index contributed by atoms with van der Waals surface area (Å²) in [6.07, 6.45) is 14.1. The summed E-state index contributed by atoms with van der Waals surface area (Å²) in [5.41, 5.74) is 11.2. The van der Waals surface area contributed by atoms with Gasteiger partial charge in [0.05, 0.1) is 13.2 Å². The lowest BCUT2D eigenvalue weighted by molar-refractivity contribution is -0.135. The molecule has 5 rings (SSSR count). The topological polar surface area (TPSA) is 78.3 Å². The summed E-state index contributed by atoms with van der Waals surface area (Å²) in [4.78, 5) is 17.8. The maximum Gasteiger partial charge on any atom is 0.222 e. The zero-order valence-corrected chi connectivity index (χ0v) is 21.5. The van der Waals surface area contributed by atoms with Crippen molar-refractivity contribution in [2.75, 3.05) is 26.3 Å². The Bertz CT molecular complexity index is 860. The molecule has 188 valence electrons. The van der Waals surface area contributed by atoms with Crippen LogP contribution in [-0.4, -0.2) is 43.2 Å². The average Bonchev–Trinajstić information content (AvgIpc) is 3.20. The second-order valence-electron chi connectivity index (χ2n) is 12.6. The van der Waals surface area contributed by atoms with Gasteiger partial charge >= 0.3 is 0 Å². The SMILES string of the molecule is C[C@H](CCC(=O)N1CCOCC1)[C@H]1CC[C@H]2[C@@H]3CC=C4C[C@H](N=[N+]=[N-])CC[C@]4(C)[C@H]3CC[C@]12C. The van der Waals surface area contributed by atoms with E-state index in [1.807, 2.05) is 4.90 Å². The van der Waals surface area contributed by atoms with Gasteiger partial charge in [-0.3, -0.25) is 4.79 Å². The number of hydrogen-bond donors (Lipinski definition) is 0. The fourth-order valence-corrected chi connectivity index (χ4v) is 9.31. The van der Waals surface area contributed by atoms with E-state index < -0.39 is 0 Å². The first-order chi connectivity index (χ1) is 16.4. The molecule has 0 aromatic rings. The molecule has 8 atom stereocenters. The molecule has 0 radical (unpaired) electrons. The predicted molar refractivity (Wildman–Crippen MR) is 134 cm³/mol. The molecule has 0 unspecified atom stereocenters. The largest absolute Gasteiger partial charge is 0.378 e. The number of hydrogen-bond acceptors (Lipinski definition) is 3. The number of carbonyl (C=O) groups is 1. The molecule has 3 saturated carbocycles. The molecule has 5 aliphatic rings. The smallest absolute Gasteiger partial charge is 0.222 e. The summed E-state index contributed by atoms with van der Waals surface area (Å²) in [5.74, 6) is 4.09. The maximum absolute atomic E-state index is 12.7. The summed E-state index contributed by atoms with van der Waals surface area (Å²) in [7, 11) is 0. The third kappa shape index (κ3) is 4.09. The van der Waals surface area contributed by atoms with Gasteiger partial charge in [-0.1, -0.05) is 37.5 Å². The lowest BCUT2D eigenvalue weighted by Crippen LogP contribution is -2.50. The number of allylic oxidation sites excluding steroid dienone is 1. The Morgan fingerprint density at radius 2 is 2.00 bits per heavy atom. The molecule has 1 heterocycles. The Labute approximate surface area is 205 Å². The lowest BCUT2D eigenvalue weighted by Gasteiger charge is -2.58. The van der Waals surface area contributed by atoms with E-state index in [1.54, 1.807) is 5.57 Å². The minimum atomic E-state index is 0.159. The summed E-state index contributed by atoms with van der Waals surface area (Å²) in [6, 6.07) is 0.159. The first-order valence-electron chi connectivity index (χ1n) is 14.0. The molecular formula is C28H44N4O2. The molecule has 0 aromatic carbocycles. The van der Waals surface area contributed by atoms with Crippen LogP contribution in [0.25, 0.3) is 10.4 Å². The fraction of sp³-hybridized carbons (Fsp3) is 0.893. The molecule has 6 nitrogen and oxygen atoms in total. The van der Waals surface area contributed by atoms with Gasteiger partial charge in [-0.25, -0.2) is 0 Å². The maximum atomic E-state index is 12.7. The standard InChI is InChI=1S/C28H44N4O2/c1-19(4-9-26(33)32-14-16-34-17-15-32)23-7-8-24-22-6-5-20-18-21(30-31-29)10-12-27(20,2)25(22)11-13-28(23,24)3/h5,19,21-25H,4,6-18H2,1-3H3/t19-,21-,22+,23-,24+,25+,27+,28-/m1/s1. The van der Waals surface area contributed by atoms with Crippen molar-refractivity contribution in [3.05, 3.63) is 22.1 Å². The number of rotatable bonds is 5. The Morgan fingerprint density at radius 3 is 2.76 bits per heavy atom. The second kappa shape index (κ2) is 9.50. The zero-order valence-electron chi connectivity index (χ0n) is 21.5. The van der Waals surface area contributed by atoms with Crippen LogP contribution < -0.4 is 0 Å². The average molecular weight is 469 g/mol. The first kappa shape index (κ1) is 24.2. The van der Waals surface area contributed by atoms with Crippen LogP contribution in [0.1, 0.15) is 85.0 Å². The van der Waals surface area contributed by atoms with Crippen LogP contribution in [0.5, 0.6) is 0 Å². The molecule has 4 fully saturated rings. The normalized spacial score (nSPS) is 42.5. The van der Waals surface area contributed by atoms with Crippen molar-refractivity contribution in [3.8, 4) is 0 Å². The minimum Gasteiger partial charge on any atom is -0.378 e. The first-order valence-corrected chi connectivity index (χ1v) is 14.0. The highest BCUT2D eigenvalue weighted by Crippen LogP contribution is 2.67. The number of fused-ring (bicyclic) bond motifs is 5. The van der Waals surface area contributed by atoms with Gasteiger partial charge in [-0.15, -0.1) is 0 Å². The molecule has 0 aromatic heterocycles. The predicted octanol–water partition coefficient (Wildman–Crippen LogP) is 6.52. The van der Waals surface area contributed by atoms with Crippen LogP contribution in [0, 0.1) is 40.4 Å². The Morgan fingerprint density at radius 1 is 1.21 bits per heavy atom. The highest BCUT2D eigenvalue weighted by atomic mass is 16.5. The lowest BCUT2D eigenvalue weighted by atomic mass is 9.47. The third-order valence-electron chi connectivity index (χ3n) is 11.2. The summed E-state index contributed by atoms with van der Waals surface area (Å²) in [6.45, 7) is 10.5. The van der Waals surface area contributed by atoms with Gasteiger partial charge in [-0.2, -0.15) is 0 Å². The van der Waals surface area contributed by atoms with Crippen molar-refractivity contribution in [1.29, 1.82) is 0 Å². The Hall–Kier alpha value is -1.52. The molecule has 0 spiro atoms. The second-order valence-corrected chi connectivity index (χ2v) is 12.6. The summed E-state index contributed by atoms with van der Waals surface area (Å²) < 4.78 is 5.41. The van der Waals surface area contributed by atoms with Crippen LogP contribution in [0.3, 0.4) is 0 Å². The molecule has 1 aliphatic heterocycles. The molecule has 1 saturated heterocycles. The zero-order chi connectivity index (χ0) is 23.9.